The van der Waals surface area contributed by atoms with E-state index in [2.05, 4.69) is 4.98 Å². The molecule has 130 valence electrons. The second-order valence-electron chi connectivity index (χ2n) is 5.42. The Kier molecular flexibility index (Phi) is 5.47. The molecule has 0 amide bonds. The molecule has 0 aliphatic rings. The normalized spacial score (nSPS) is 12.0. The number of pyridine rings is 1. The quantitative estimate of drug-likeness (QED) is 0.691. The zero-order valence-electron chi connectivity index (χ0n) is 13.6. The van der Waals surface area contributed by atoms with Crippen molar-refractivity contribution in [1.82, 2.24) is 9.29 Å². The van der Waals surface area contributed by atoms with Gasteiger partial charge in [-0.05, 0) is 23.6 Å². The number of hydrogen-bond acceptors (Lipinski definition) is 5. The standard InChI is InChI=1S/C18H19N3O2S2/c19-9-3-11-21(12-8-16-5-2-13-24-16)25(22,23)18-6-1-4-15-14-20-10-7-17(15)18/h1-7,10-11,13-14H,8-9,12,19H2. The third-order valence-electron chi connectivity index (χ3n) is 3.79. The second kappa shape index (κ2) is 7.77. The van der Waals surface area contributed by atoms with E-state index in [-0.39, 0.29) is 11.4 Å². The van der Waals surface area contributed by atoms with Crippen LogP contribution in [0.5, 0.6) is 0 Å². The minimum Gasteiger partial charge on any atom is -0.327 e. The van der Waals surface area contributed by atoms with Gasteiger partial charge in [-0.15, -0.1) is 11.3 Å². The van der Waals surface area contributed by atoms with E-state index in [9.17, 15) is 8.42 Å². The Balaban J connectivity index is 1.98. The molecule has 3 aromatic rings. The molecule has 3 rings (SSSR count). The largest absolute Gasteiger partial charge is 0.327 e. The van der Waals surface area contributed by atoms with Crippen LogP contribution in [0.3, 0.4) is 0 Å². The van der Waals surface area contributed by atoms with Crippen LogP contribution in [0.25, 0.3) is 10.8 Å². The summed E-state index contributed by atoms with van der Waals surface area (Å²) >= 11 is 1.62. The van der Waals surface area contributed by atoms with Crippen LogP contribution < -0.4 is 5.73 Å². The summed E-state index contributed by atoms with van der Waals surface area (Å²) in [6.07, 6.45) is 7.13. The number of thiophene rings is 1. The topological polar surface area (TPSA) is 76.3 Å². The first-order valence-corrected chi connectivity index (χ1v) is 10.2. The van der Waals surface area contributed by atoms with Crippen LogP contribution in [0.2, 0.25) is 0 Å². The highest BCUT2D eigenvalue weighted by molar-refractivity contribution is 7.89. The Morgan fingerprint density at radius 3 is 2.84 bits per heavy atom. The van der Waals surface area contributed by atoms with Crippen molar-refractivity contribution in [2.45, 2.75) is 11.3 Å². The molecule has 1 aromatic carbocycles. The lowest BCUT2D eigenvalue weighted by Crippen LogP contribution is -2.28. The first kappa shape index (κ1) is 17.6. The predicted molar refractivity (Wildman–Crippen MR) is 102 cm³/mol. The van der Waals surface area contributed by atoms with E-state index in [1.54, 1.807) is 54.2 Å². The Bertz CT molecular complexity index is 962. The molecule has 0 atom stereocenters. The molecular weight excluding hydrogens is 354 g/mol. The lowest BCUT2D eigenvalue weighted by molar-refractivity contribution is 0.501. The van der Waals surface area contributed by atoms with Crippen molar-refractivity contribution >= 4 is 32.1 Å². The minimum absolute atomic E-state index is 0.278. The van der Waals surface area contributed by atoms with E-state index in [4.69, 9.17) is 5.73 Å². The Labute approximate surface area is 151 Å². The van der Waals surface area contributed by atoms with Crippen LogP contribution in [0.1, 0.15) is 4.88 Å². The first-order valence-electron chi connectivity index (χ1n) is 7.86. The molecule has 2 N–H and O–H groups in total. The summed E-state index contributed by atoms with van der Waals surface area (Å²) < 4.78 is 27.8. The van der Waals surface area contributed by atoms with E-state index in [0.717, 1.165) is 10.3 Å². The van der Waals surface area contributed by atoms with Gasteiger partial charge in [-0.1, -0.05) is 24.3 Å². The molecular formula is C18H19N3O2S2. The van der Waals surface area contributed by atoms with E-state index >= 15 is 0 Å². The zero-order valence-corrected chi connectivity index (χ0v) is 15.2. The number of benzene rings is 1. The van der Waals surface area contributed by atoms with Gasteiger partial charge < -0.3 is 5.73 Å². The number of rotatable bonds is 7. The maximum absolute atomic E-state index is 13.2. The fraction of sp³-hybridized carbons (Fsp3) is 0.167. The smallest absolute Gasteiger partial charge is 0.264 e. The van der Waals surface area contributed by atoms with Crippen molar-refractivity contribution in [3.63, 3.8) is 0 Å². The second-order valence-corrected chi connectivity index (χ2v) is 8.31. The molecule has 0 aliphatic carbocycles. The van der Waals surface area contributed by atoms with Gasteiger partial charge in [0.2, 0.25) is 0 Å². The number of sulfonamides is 1. The van der Waals surface area contributed by atoms with Gasteiger partial charge in [0.15, 0.2) is 0 Å². The first-order chi connectivity index (χ1) is 12.1. The molecule has 0 spiro atoms. The van der Waals surface area contributed by atoms with Crippen LogP contribution in [0, 0.1) is 0 Å². The maximum Gasteiger partial charge on any atom is 0.264 e. The maximum atomic E-state index is 13.2. The SMILES string of the molecule is NCC=CN(CCc1cccs1)S(=O)(=O)c1cccc2cnccc12. The van der Waals surface area contributed by atoms with Crippen molar-refractivity contribution < 1.29 is 8.42 Å². The third-order valence-corrected chi connectivity index (χ3v) is 6.56. The predicted octanol–water partition coefficient (Wildman–Crippen LogP) is 3.00. The number of nitrogens with zero attached hydrogens (tertiary/aromatic N) is 2. The molecule has 0 bridgehead atoms. The van der Waals surface area contributed by atoms with Gasteiger partial charge in [0.1, 0.15) is 0 Å². The van der Waals surface area contributed by atoms with Gasteiger partial charge in [0, 0.05) is 53.8 Å². The van der Waals surface area contributed by atoms with Gasteiger partial charge in [-0.3, -0.25) is 9.29 Å². The van der Waals surface area contributed by atoms with E-state index < -0.39 is 10.0 Å². The molecule has 2 aromatic heterocycles. The van der Waals surface area contributed by atoms with Crippen molar-refractivity contribution in [3.05, 3.63) is 71.3 Å². The summed E-state index contributed by atoms with van der Waals surface area (Å²) in [5.74, 6) is 0. The lowest BCUT2D eigenvalue weighted by atomic mass is 10.2. The number of hydrogen-bond donors (Lipinski definition) is 1. The van der Waals surface area contributed by atoms with Crippen molar-refractivity contribution in [2.24, 2.45) is 5.73 Å². The fourth-order valence-electron chi connectivity index (χ4n) is 2.57. The van der Waals surface area contributed by atoms with Crippen molar-refractivity contribution in [2.75, 3.05) is 13.1 Å². The summed E-state index contributed by atoms with van der Waals surface area (Å²) in [4.78, 5) is 5.48. The van der Waals surface area contributed by atoms with E-state index in [1.807, 2.05) is 23.6 Å². The Hall–Kier alpha value is -2.22. The van der Waals surface area contributed by atoms with Crippen LogP contribution in [0.4, 0.5) is 0 Å². The molecule has 0 aliphatic heterocycles. The van der Waals surface area contributed by atoms with Crippen molar-refractivity contribution in [3.8, 4) is 0 Å². The van der Waals surface area contributed by atoms with Crippen LogP contribution >= 0.6 is 11.3 Å². The van der Waals surface area contributed by atoms with Crippen LogP contribution in [0.15, 0.2) is 71.3 Å². The van der Waals surface area contributed by atoms with Gasteiger partial charge in [-0.2, -0.15) is 0 Å². The molecule has 25 heavy (non-hydrogen) atoms. The number of nitrogens with two attached hydrogens (primary N) is 1. The molecule has 5 nitrogen and oxygen atoms in total. The summed E-state index contributed by atoms with van der Waals surface area (Å²) in [7, 11) is -3.69. The monoisotopic (exact) mass is 373 g/mol. The molecule has 2 heterocycles. The molecule has 0 radical (unpaired) electrons. The Morgan fingerprint density at radius 1 is 1.20 bits per heavy atom. The number of fused-ring (bicyclic) bond motifs is 1. The fourth-order valence-corrected chi connectivity index (χ4v) is 4.82. The summed E-state index contributed by atoms with van der Waals surface area (Å²) in [5, 5.41) is 3.45. The molecule has 0 fully saturated rings. The minimum atomic E-state index is -3.69. The van der Waals surface area contributed by atoms with Gasteiger partial charge in [0.05, 0.1) is 4.90 Å². The van der Waals surface area contributed by atoms with Gasteiger partial charge in [-0.25, -0.2) is 8.42 Å². The van der Waals surface area contributed by atoms with Gasteiger partial charge in [0.25, 0.3) is 10.0 Å². The average Bonchev–Trinajstić information content (AvgIpc) is 3.14. The molecule has 0 unspecified atom stereocenters. The third kappa shape index (κ3) is 3.89. The van der Waals surface area contributed by atoms with Crippen LogP contribution in [-0.4, -0.2) is 30.8 Å². The molecule has 0 saturated heterocycles. The zero-order chi connectivity index (χ0) is 17.7. The highest BCUT2D eigenvalue weighted by Gasteiger charge is 2.23. The van der Waals surface area contributed by atoms with Crippen molar-refractivity contribution in [1.29, 1.82) is 0 Å². The molecule has 7 heteroatoms. The highest BCUT2D eigenvalue weighted by atomic mass is 32.2. The number of aromatic nitrogens is 1. The summed E-state index contributed by atoms with van der Waals surface area (Å²) in [6.45, 7) is 0.644. The van der Waals surface area contributed by atoms with Crippen LogP contribution in [-0.2, 0) is 16.4 Å². The Morgan fingerprint density at radius 2 is 2.08 bits per heavy atom. The summed E-state index contributed by atoms with van der Waals surface area (Å²) in [5.41, 5.74) is 5.53. The lowest BCUT2D eigenvalue weighted by Gasteiger charge is -2.21. The average molecular weight is 374 g/mol. The highest BCUT2D eigenvalue weighted by Crippen LogP contribution is 2.25. The molecule has 0 saturated carbocycles. The van der Waals surface area contributed by atoms with E-state index in [0.29, 0.717) is 18.4 Å². The van der Waals surface area contributed by atoms with E-state index in [1.165, 1.54) is 4.31 Å². The summed E-state index contributed by atoms with van der Waals surface area (Å²) in [6, 6.07) is 10.9. The van der Waals surface area contributed by atoms with Gasteiger partial charge >= 0.3 is 0 Å².